The number of halogens is 3. The Morgan fingerprint density at radius 2 is 1.70 bits per heavy atom. The molecule has 44 heavy (non-hydrogen) atoms. The highest BCUT2D eigenvalue weighted by Gasteiger charge is 2.31. The van der Waals surface area contributed by atoms with Crippen LogP contribution in [0.3, 0.4) is 0 Å². The van der Waals surface area contributed by atoms with E-state index < -0.39 is 36.4 Å². The quantitative estimate of drug-likeness (QED) is 0.217. The Balaban J connectivity index is 1.66. The van der Waals surface area contributed by atoms with Crippen LogP contribution in [0.1, 0.15) is 63.8 Å². The zero-order valence-corrected chi connectivity index (χ0v) is 24.6. The third kappa shape index (κ3) is 6.17. The van der Waals surface area contributed by atoms with Crippen molar-refractivity contribution in [1.29, 1.82) is 0 Å². The van der Waals surface area contributed by atoms with Gasteiger partial charge in [-0.3, -0.25) is 14.6 Å². The fourth-order valence-corrected chi connectivity index (χ4v) is 4.78. The normalized spacial score (nSPS) is 12.0. The van der Waals surface area contributed by atoms with Gasteiger partial charge in [0.25, 0.3) is 11.8 Å². The van der Waals surface area contributed by atoms with Crippen molar-refractivity contribution in [1.82, 2.24) is 30.7 Å². The minimum absolute atomic E-state index is 0.0139. The van der Waals surface area contributed by atoms with Gasteiger partial charge in [0, 0.05) is 36.4 Å². The van der Waals surface area contributed by atoms with Crippen LogP contribution in [-0.2, 0) is 12.0 Å². The van der Waals surface area contributed by atoms with Crippen molar-refractivity contribution < 1.29 is 31.7 Å². The highest BCUT2D eigenvalue weighted by atomic mass is 19.4. The molecule has 0 saturated carbocycles. The molecule has 5 rings (SSSR count). The molecule has 2 N–H and O–H groups in total. The van der Waals surface area contributed by atoms with Crippen LogP contribution in [0, 0.1) is 13.8 Å². The summed E-state index contributed by atoms with van der Waals surface area (Å²) in [4.78, 5) is 39.4. The lowest BCUT2D eigenvalue weighted by Gasteiger charge is -2.23. The number of aromatic nitrogens is 4. The Kier molecular flexibility index (Phi) is 7.98. The number of amides is 2. The number of rotatable bonds is 8. The Morgan fingerprint density at radius 1 is 0.977 bits per heavy atom. The summed E-state index contributed by atoms with van der Waals surface area (Å²) in [5.41, 5.74) is 2.05. The Bertz CT molecular complexity index is 1850. The third-order valence-corrected chi connectivity index (χ3v) is 7.16. The first-order valence-electron chi connectivity index (χ1n) is 13.7. The first-order chi connectivity index (χ1) is 20.8. The summed E-state index contributed by atoms with van der Waals surface area (Å²) in [5.74, 6) is -0.478. The van der Waals surface area contributed by atoms with E-state index in [2.05, 4.69) is 30.7 Å². The predicted molar refractivity (Wildman–Crippen MR) is 155 cm³/mol. The maximum Gasteiger partial charge on any atom is 0.389 e. The number of nitrogens with one attached hydrogen (secondary N) is 2. The van der Waals surface area contributed by atoms with Crippen molar-refractivity contribution >= 4 is 22.9 Å². The number of hydrogen-bond acceptors (Lipinski definition) is 8. The minimum Gasteiger partial charge on any atom is -0.437 e. The van der Waals surface area contributed by atoms with E-state index >= 15 is 0 Å². The van der Waals surface area contributed by atoms with Crippen molar-refractivity contribution in [2.24, 2.45) is 0 Å². The molecule has 0 bridgehead atoms. The molecular weight excluding hydrogens is 577 g/mol. The number of carbonyl (C=O) groups excluding carboxylic acids is 2. The van der Waals surface area contributed by atoms with Crippen LogP contribution in [0.5, 0.6) is 0 Å². The van der Waals surface area contributed by atoms with Gasteiger partial charge in [-0.2, -0.15) is 18.2 Å². The number of aryl methyl sites for hydroxylation is 3. The Morgan fingerprint density at radius 3 is 2.34 bits per heavy atom. The number of furan rings is 1. The number of alkyl halides is 3. The van der Waals surface area contributed by atoms with Crippen molar-refractivity contribution in [2.75, 3.05) is 7.05 Å². The summed E-state index contributed by atoms with van der Waals surface area (Å²) in [6, 6.07) is 10.4. The zero-order chi connectivity index (χ0) is 31.8. The molecule has 2 amide bonds. The van der Waals surface area contributed by atoms with E-state index in [4.69, 9.17) is 8.94 Å². The third-order valence-electron chi connectivity index (χ3n) is 7.16. The monoisotopic (exact) mass is 606 g/mol. The predicted octanol–water partition coefficient (Wildman–Crippen LogP) is 6.08. The van der Waals surface area contributed by atoms with Gasteiger partial charge < -0.3 is 19.6 Å². The Labute approximate surface area is 250 Å². The molecule has 0 aliphatic heterocycles. The number of benzene rings is 1. The lowest BCUT2D eigenvalue weighted by atomic mass is 9.97. The van der Waals surface area contributed by atoms with Gasteiger partial charge in [-0.15, -0.1) is 0 Å². The van der Waals surface area contributed by atoms with E-state index in [1.54, 1.807) is 39.0 Å². The van der Waals surface area contributed by atoms with Crippen molar-refractivity contribution in [3.8, 4) is 22.5 Å². The summed E-state index contributed by atoms with van der Waals surface area (Å²) in [5, 5.41) is 9.56. The molecule has 0 saturated heterocycles. The summed E-state index contributed by atoms with van der Waals surface area (Å²) in [6.45, 7) is 6.94. The van der Waals surface area contributed by atoms with Crippen LogP contribution in [-0.4, -0.2) is 45.1 Å². The van der Waals surface area contributed by atoms with Crippen LogP contribution in [0.4, 0.5) is 13.2 Å². The second-order valence-electron chi connectivity index (χ2n) is 10.9. The summed E-state index contributed by atoms with van der Waals surface area (Å²) >= 11 is 0. The number of nitrogens with zero attached hydrogens (tertiary/aromatic N) is 4. The summed E-state index contributed by atoms with van der Waals surface area (Å²) in [7, 11) is 1.47. The molecule has 10 nitrogen and oxygen atoms in total. The highest BCUT2D eigenvalue weighted by molar-refractivity contribution is 6.11. The molecule has 13 heteroatoms. The van der Waals surface area contributed by atoms with Gasteiger partial charge in [0.15, 0.2) is 5.82 Å². The molecular formula is C31H29F3N6O4. The average molecular weight is 607 g/mol. The molecule has 0 fully saturated rings. The van der Waals surface area contributed by atoms with Gasteiger partial charge in [0.1, 0.15) is 5.76 Å². The van der Waals surface area contributed by atoms with Crippen molar-refractivity contribution in [3.05, 3.63) is 82.9 Å². The van der Waals surface area contributed by atoms with Gasteiger partial charge >= 0.3 is 6.18 Å². The number of pyridine rings is 2. The van der Waals surface area contributed by atoms with Crippen LogP contribution in [0.2, 0.25) is 0 Å². The molecule has 4 aromatic heterocycles. The van der Waals surface area contributed by atoms with Gasteiger partial charge in [0.05, 0.1) is 33.4 Å². The average Bonchev–Trinajstić information content (AvgIpc) is 3.64. The number of carbonyl (C=O) groups is 2. The second-order valence-corrected chi connectivity index (χ2v) is 10.9. The molecule has 0 aliphatic carbocycles. The highest BCUT2D eigenvalue weighted by Crippen LogP contribution is 2.37. The maximum absolute atomic E-state index is 13.4. The van der Waals surface area contributed by atoms with E-state index in [0.29, 0.717) is 22.2 Å². The molecule has 5 aromatic rings. The fourth-order valence-electron chi connectivity index (χ4n) is 4.78. The first kappa shape index (κ1) is 30.4. The second kappa shape index (κ2) is 11.5. The molecule has 228 valence electrons. The van der Waals surface area contributed by atoms with Gasteiger partial charge in [-0.25, -0.2) is 4.98 Å². The Hall–Kier alpha value is -5.07. The molecule has 4 heterocycles. The molecule has 0 atom stereocenters. The van der Waals surface area contributed by atoms with Crippen LogP contribution >= 0.6 is 0 Å². The number of fused-ring (bicyclic) bond motifs is 1. The summed E-state index contributed by atoms with van der Waals surface area (Å²) in [6.07, 6.45) is -3.45. The smallest absolute Gasteiger partial charge is 0.389 e. The minimum atomic E-state index is -4.45. The lowest BCUT2D eigenvalue weighted by Crippen LogP contribution is -2.42. The van der Waals surface area contributed by atoms with E-state index in [1.165, 1.54) is 19.3 Å². The van der Waals surface area contributed by atoms with Crippen LogP contribution in [0.25, 0.3) is 33.6 Å². The number of hydrogen-bond donors (Lipinski definition) is 2. The largest absolute Gasteiger partial charge is 0.437 e. The first-order valence-corrected chi connectivity index (χ1v) is 13.7. The van der Waals surface area contributed by atoms with Crippen LogP contribution in [0.15, 0.2) is 57.9 Å². The molecule has 1 aromatic carbocycles. The van der Waals surface area contributed by atoms with E-state index in [1.807, 2.05) is 19.1 Å². The van der Waals surface area contributed by atoms with Gasteiger partial charge in [0.2, 0.25) is 12.1 Å². The van der Waals surface area contributed by atoms with E-state index in [0.717, 1.165) is 12.0 Å². The van der Waals surface area contributed by atoms with Gasteiger partial charge in [-0.05, 0) is 46.2 Å². The molecule has 0 spiro atoms. The van der Waals surface area contributed by atoms with Gasteiger partial charge in [-0.1, -0.05) is 35.0 Å². The fraction of sp³-hybridized carbons (Fsp3) is 0.290. The van der Waals surface area contributed by atoms with Crippen LogP contribution < -0.4 is 10.6 Å². The molecule has 0 radical (unpaired) electrons. The zero-order valence-electron chi connectivity index (χ0n) is 24.6. The van der Waals surface area contributed by atoms with Crippen molar-refractivity contribution in [3.63, 3.8) is 0 Å². The SMILES string of the molecule is CNC(=O)c1c(-c2ccc(C)cc2)oc2nc(CCC(F)(F)F)c(-c3cnc(C)c(C(=O)NC(C)(C)c4ncon4)c3)cc12. The van der Waals surface area contributed by atoms with E-state index in [9.17, 15) is 22.8 Å². The molecule has 0 unspecified atom stereocenters. The topological polar surface area (TPSA) is 136 Å². The maximum atomic E-state index is 13.4. The summed E-state index contributed by atoms with van der Waals surface area (Å²) < 4.78 is 51.0. The molecule has 0 aliphatic rings. The standard InChI is InChI=1S/C31H29F3N6O4/c1-16-6-8-18(9-7-16)25-24(27(42)35-5)22-13-21(23(38-28(22)44-25)10-11-31(32,33)34)19-12-20(17(2)36-14-19)26(41)39-30(3,4)29-37-15-43-40-29/h6-9,12-15H,10-11H2,1-5H3,(H,35,42)(H,39,41). The lowest BCUT2D eigenvalue weighted by molar-refractivity contribution is -0.134. The van der Waals surface area contributed by atoms with E-state index in [-0.39, 0.29) is 39.7 Å². The van der Waals surface area contributed by atoms with Crippen molar-refractivity contribution in [2.45, 2.75) is 52.3 Å².